The standard InChI is InChI=1S/C5H12O2Si2/c6-8-4-2-1-3-5-9-7/h6-7H,1-5H2. The molecule has 0 aromatic heterocycles. The van der Waals surface area contributed by atoms with E-state index in [1.165, 1.54) is 0 Å². The van der Waals surface area contributed by atoms with E-state index in [0.29, 0.717) is 0 Å². The van der Waals surface area contributed by atoms with E-state index >= 15 is 0 Å². The molecule has 4 heteroatoms. The van der Waals surface area contributed by atoms with Gasteiger partial charge in [0.2, 0.25) is 19.5 Å². The van der Waals surface area contributed by atoms with Crippen LogP contribution in [0.15, 0.2) is 0 Å². The maximum absolute atomic E-state index is 8.40. The normalized spacial score (nSPS) is 10.0. The average molecular weight is 160 g/mol. The Morgan fingerprint density at radius 2 is 1.22 bits per heavy atom. The molecule has 0 atom stereocenters. The van der Waals surface area contributed by atoms with Crippen molar-refractivity contribution in [1.29, 1.82) is 0 Å². The Bertz CT molecular complexity index is 46.2. The van der Waals surface area contributed by atoms with Gasteiger partial charge in [0, 0.05) is 0 Å². The first-order valence-corrected chi connectivity index (χ1v) is 5.46. The molecule has 0 aliphatic heterocycles. The van der Waals surface area contributed by atoms with Crippen LogP contribution >= 0.6 is 0 Å². The summed E-state index contributed by atoms with van der Waals surface area (Å²) in [6.45, 7) is 0. The fourth-order valence-electron chi connectivity index (χ4n) is 0.585. The zero-order valence-corrected chi connectivity index (χ0v) is 7.43. The molecule has 2 nitrogen and oxygen atoms in total. The molecule has 4 radical (unpaired) electrons. The van der Waals surface area contributed by atoms with Crippen LogP contribution in [0.1, 0.15) is 19.3 Å². The minimum atomic E-state index is 0.109. The van der Waals surface area contributed by atoms with Crippen LogP contribution in [-0.2, 0) is 0 Å². The van der Waals surface area contributed by atoms with Crippen molar-refractivity contribution in [2.24, 2.45) is 0 Å². The first-order valence-electron chi connectivity index (χ1n) is 3.15. The average Bonchev–Trinajstić information content (AvgIpc) is 1.89. The minimum absolute atomic E-state index is 0.109. The van der Waals surface area contributed by atoms with Crippen molar-refractivity contribution in [2.75, 3.05) is 0 Å². The van der Waals surface area contributed by atoms with E-state index in [1.807, 2.05) is 0 Å². The van der Waals surface area contributed by atoms with Crippen LogP contribution in [0.4, 0.5) is 0 Å². The summed E-state index contributed by atoms with van der Waals surface area (Å²) < 4.78 is 0. The largest absolute Gasteiger partial charge is 0.432 e. The SMILES string of the molecule is O[Si]CCCCC[Si]O. The van der Waals surface area contributed by atoms with Gasteiger partial charge >= 0.3 is 0 Å². The van der Waals surface area contributed by atoms with Crippen molar-refractivity contribution in [3.8, 4) is 0 Å². The summed E-state index contributed by atoms with van der Waals surface area (Å²) in [4.78, 5) is 16.8. The second-order valence-corrected chi connectivity index (χ2v) is 3.51. The second kappa shape index (κ2) is 8.35. The lowest BCUT2D eigenvalue weighted by molar-refractivity contribution is 0.583. The highest BCUT2D eigenvalue weighted by molar-refractivity contribution is 6.25. The third-order valence-electron chi connectivity index (χ3n) is 1.08. The first kappa shape index (κ1) is 9.35. The van der Waals surface area contributed by atoms with Gasteiger partial charge in [0.1, 0.15) is 0 Å². The molecule has 0 saturated carbocycles. The van der Waals surface area contributed by atoms with Crippen LogP contribution < -0.4 is 0 Å². The van der Waals surface area contributed by atoms with Crippen molar-refractivity contribution >= 4 is 19.5 Å². The van der Waals surface area contributed by atoms with Gasteiger partial charge in [-0.15, -0.1) is 0 Å². The Hall–Kier alpha value is 0.354. The Kier molecular flexibility index (Phi) is 8.68. The van der Waals surface area contributed by atoms with E-state index in [1.54, 1.807) is 0 Å². The summed E-state index contributed by atoms with van der Waals surface area (Å²) in [6, 6.07) is 1.88. The lowest BCUT2D eigenvalue weighted by Gasteiger charge is -1.93. The third-order valence-corrected chi connectivity index (χ3v) is 2.23. The van der Waals surface area contributed by atoms with Crippen LogP contribution in [0.5, 0.6) is 0 Å². The van der Waals surface area contributed by atoms with Crippen molar-refractivity contribution in [1.82, 2.24) is 0 Å². The van der Waals surface area contributed by atoms with Gasteiger partial charge in [-0.1, -0.05) is 19.3 Å². The number of rotatable bonds is 6. The Morgan fingerprint density at radius 3 is 1.56 bits per heavy atom. The van der Waals surface area contributed by atoms with Crippen LogP contribution in [-0.4, -0.2) is 29.1 Å². The maximum Gasteiger partial charge on any atom is 0.224 e. The number of hydrogen-bond acceptors (Lipinski definition) is 2. The van der Waals surface area contributed by atoms with Crippen LogP contribution in [0.25, 0.3) is 0 Å². The zero-order chi connectivity index (χ0) is 6.95. The lowest BCUT2D eigenvalue weighted by Crippen LogP contribution is -1.88. The monoisotopic (exact) mass is 160 g/mol. The topological polar surface area (TPSA) is 40.5 Å². The highest BCUT2D eigenvalue weighted by Crippen LogP contribution is 2.01. The minimum Gasteiger partial charge on any atom is -0.432 e. The molecule has 0 saturated heterocycles. The van der Waals surface area contributed by atoms with Gasteiger partial charge < -0.3 is 9.59 Å². The van der Waals surface area contributed by atoms with Crippen molar-refractivity contribution < 1.29 is 9.59 Å². The molecule has 0 heterocycles. The fourth-order valence-corrected chi connectivity index (χ4v) is 1.40. The van der Waals surface area contributed by atoms with Gasteiger partial charge in [-0.3, -0.25) is 0 Å². The molecule has 52 valence electrons. The van der Waals surface area contributed by atoms with E-state index in [0.717, 1.165) is 31.4 Å². The van der Waals surface area contributed by atoms with Gasteiger partial charge in [0.05, 0.1) is 0 Å². The van der Waals surface area contributed by atoms with E-state index < -0.39 is 0 Å². The molecular formula is C5H12O2Si2. The van der Waals surface area contributed by atoms with Crippen LogP contribution in [0.2, 0.25) is 12.1 Å². The summed E-state index contributed by atoms with van der Waals surface area (Å²) in [5.74, 6) is 0. The maximum atomic E-state index is 8.40. The summed E-state index contributed by atoms with van der Waals surface area (Å²) in [5, 5.41) is 0. The van der Waals surface area contributed by atoms with Gasteiger partial charge in [-0.2, -0.15) is 0 Å². The molecule has 0 bridgehead atoms. The number of unbranched alkanes of at least 4 members (excludes halogenated alkanes) is 2. The van der Waals surface area contributed by atoms with Crippen molar-refractivity contribution in [2.45, 2.75) is 31.4 Å². The third kappa shape index (κ3) is 8.35. The Morgan fingerprint density at radius 1 is 0.778 bits per heavy atom. The van der Waals surface area contributed by atoms with Gasteiger partial charge in [0.25, 0.3) is 0 Å². The predicted octanol–water partition coefficient (Wildman–Crippen LogP) is 0.216. The molecule has 9 heavy (non-hydrogen) atoms. The van der Waals surface area contributed by atoms with E-state index in [9.17, 15) is 0 Å². The molecule has 0 aromatic rings. The second-order valence-electron chi connectivity index (χ2n) is 1.88. The fraction of sp³-hybridized carbons (Fsp3) is 1.00. The zero-order valence-electron chi connectivity index (χ0n) is 5.43. The molecule has 0 spiro atoms. The molecule has 0 rings (SSSR count). The van der Waals surface area contributed by atoms with Gasteiger partial charge in [-0.05, 0) is 12.1 Å². The molecule has 2 N–H and O–H groups in total. The lowest BCUT2D eigenvalue weighted by atomic mass is 10.3. The molecule has 0 aliphatic rings. The summed E-state index contributed by atoms with van der Waals surface area (Å²) in [7, 11) is 0.219. The highest BCUT2D eigenvalue weighted by Gasteiger charge is 1.89. The molecule has 0 unspecified atom stereocenters. The van der Waals surface area contributed by atoms with Crippen LogP contribution in [0, 0.1) is 0 Å². The van der Waals surface area contributed by atoms with E-state index in [2.05, 4.69) is 0 Å². The summed E-state index contributed by atoms with van der Waals surface area (Å²) >= 11 is 0. The number of hydrogen-bond donors (Lipinski definition) is 2. The molecule has 0 aromatic carbocycles. The predicted molar refractivity (Wildman–Crippen MR) is 39.4 cm³/mol. The smallest absolute Gasteiger partial charge is 0.224 e. The van der Waals surface area contributed by atoms with Crippen molar-refractivity contribution in [3.63, 3.8) is 0 Å². The van der Waals surface area contributed by atoms with Gasteiger partial charge in [0.15, 0.2) is 0 Å². The molecular weight excluding hydrogens is 148 g/mol. The summed E-state index contributed by atoms with van der Waals surface area (Å²) in [5.41, 5.74) is 0. The first-order chi connectivity index (χ1) is 4.41. The molecule has 0 aliphatic carbocycles. The Balaban J connectivity index is 2.60. The van der Waals surface area contributed by atoms with Crippen molar-refractivity contribution in [3.05, 3.63) is 0 Å². The van der Waals surface area contributed by atoms with E-state index in [-0.39, 0.29) is 19.5 Å². The summed E-state index contributed by atoms with van der Waals surface area (Å²) in [6.07, 6.45) is 3.37. The molecule has 0 fully saturated rings. The van der Waals surface area contributed by atoms with E-state index in [4.69, 9.17) is 9.59 Å². The highest BCUT2D eigenvalue weighted by atomic mass is 28.2. The van der Waals surface area contributed by atoms with Crippen LogP contribution in [0.3, 0.4) is 0 Å². The van der Waals surface area contributed by atoms with Gasteiger partial charge in [-0.25, -0.2) is 0 Å². The Labute approximate surface area is 61.2 Å². The quantitative estimate of drug-likeness (QED) is 0.431. The molecule has 0 amide bonds.